The van der Waals surface area contributed by atoms with Gasteiger partial charge in [-0.05, 0) is 24.3 Å². The fraction of sp³-hybridized carbons (Fsp3) is 0.364. The molecular formula is C11H11NOS2. The van der Waals surface area contributed by atoms with E-state index in [9.17, 15) is 5.11 Å². The third kappa shape index (κ3) is 1.73. The lowest BCUT2D eigenvalue weighted by molar-refractivity contribution is 0.284. The number of hydrogen-bond acceptors (Lipinski definition) is 4. The van der Waals surface area contributed by atoms with Crippen LogP contribution in [0.4, 0.5) is 0 Å². The topological polar surface area (TPSA) is 33.1 Å². The normalized spacial score (nSPS) is 15.8. The van der Waals surface area contributed by atoms with Crippen LogP contribution in [0, 0.1) is 0 Å². The molecule has 0 bridgehead atoms. The predicted octanol–water partition coefficient (Wildman–Crippen LogP) is 3.24. The van der Waals surface area contributed by atoms with E-state index in [1.807, 2.05) is 6.07 Å². The average molecular weight is 237 g/mol. The second-order valence-electron chi connectivity index (χ2n) is 3.74. The van der Waals surface area contributed by atoms with Gasteiger partial charge in [-0.15, -0.1) is 22.7 Å². The molecule has 78 valence electrons. The van der Waals surface area contributed by atoms with E-state index >= 15 is 0 Å². The van der Waals surface area contributed by atoms with Crippen molar-refractivity contribution in [2.45, 2.75) is 25.4 Å². The van der Waals surface area contributed by atoms with Crippen molar-refractivity contribution in [2.24, 2.45) is 0 Å². The smallest absolute Gasteiger partial charge is 0.133 e. The molecule has 2 heterocycles. The van der Waals surface area contributed by atoms with Gasteiger partial charge in [-0.3, -0.25) is 0 Å². The number of hydrogen-bond donors (Lipinski definition) is 1. The summed E-state index contributed by atoms with van der Waals surface area (Å²) >= 11 is 3.34. The van der Waals surface area contributed by atoms with E-state index in [1.165, 1.54) is 17.7 Å². The molecule has 1 aliphatic carbocycles. The average Bonchev–Trinajstić information content (AvgIpc) is 2.83. The molecule has 4 heteroatoms. The van der Waals surface area contributed by atoms with Crippen molar-refractivity contribution in [3.63, 3.8) is 0 Å². The predicted molar refractivity (Wildman–Crippen MR) is 63.3 cm³/mol. The Balaban J connectivity index is 2.03. The van der Waals surface area contributed by atoms with Gasteiger partial charge in [-0.25, -0.2) is 4.98 Å². The maximum absolute atomic E-state index is 9.28. The fourth-order valence-electron chi connectivity index (χ4n) is 1.66. The Kier molecular flexibility index (Phi) is 2.35. The number of aromatic nitrogens is 1. The van der Waals surface area contributed by atoms with Gasteiger partial charge >= 0.3 is 0 Å². The molecule has 0 spiro atoms. The van der Waals surface area contributed by atoms with Gasteiger partial charge < -0.3 is 5.11 Å². The van der Waals surface area contributed by atoms with E-state index in [4.69, 9.17) is 0 Å². The second-order valence-corrected chi connectivity index (χ2v) is 5.77. The molecule has 0 amide bonds. The standard InChI is InChI=1S/C11H11NOS2/c13-6-9-10(7-3-4-7)12-11(15-9)8-2-1-5-14-8/h1-2,5,7,13H,3-4,6H2. The number of thiazole rings is 1. The summed E-state index contributed by atoms with van der Waals surface area (Å²) in [5, 5.41) is 12.4. The number of rotatable bonds is 3. The molecule has 2 nitrogen and oxygen atoms in total. The molecule has 0 atom stereocenters. The summed E-state index contributed by atoms with van der Waals surface area (Å²) in [6.07, 6.45) is 2.47. The largest absolute Gasteiger partial charge is 0.391 e. The van der Waals surface area contributed by atoms with Gasteiger partial charge in [-0.2, -0.15) is 0 Å². The van der Waals surface area contributed by atoms with E-state index in [0.717, 1.165) is 15.6 Å². The number of aliphatic hydroxyl groups excluding tert-OH is 1. The minimum Gasteiger partial charge on any atom is -0.391 e. The van der Waals surface area contributed by atoms with Crippen molar-refractivity contribution in [3.05, 3.63) is 28.1 Å². The zero-order chi connectivity index (χ0) is 10.3. The van der Waals surface area contributed by atoms with E-state index in [2.05, 4.69) is 16.4 Å². The quantitative estimate of drug-likeness (QED) is 0.889. The summed E-state index contributed by atoms with van der Waals surface area (Å²) in [7, 11) is 0. The molecule has 2 aromatic rings. The third-order valence-electron chi connectivity index (χ3n) is 2.57. The van der Waals surface area contributed by atoms with Gasteiger partial charge in [0.1, 0.15) is 5.01 Å². The maximum Gasteiger partial charge on any atom is 0.133 e. The Labute approximate surface area is 96.2 Å². The van der Waals surface area contributed by atoms with Crippen LogP contribution in [0.1, 0.15) is 29.3 Å². The highest BCUT2D eigenvalue weighted by atomic mass is 32.1. The lowest BCUT2D eigenvalue weighted by Gasteiger charge is -1.92. The molecule has 1 fully saturated rings. The van der Waals surface area contributed by atoms with E-state index in [0.29, 0.717) is 5.92 Å². The summed E-state index contributed by atoms with van der Waals surface area (Å²) in [6, 6.07) is 4.12. The van der Waals surface area contributed by atoms with Crippen molar-refractivity contribution in [1.82, 2.24) is 4.98 Å². The molecule has 0 radical (unpaired) electrons. The van der Waals surface area contributed by atoms with Crippen molar-refractivity contribution < 1.29 is 5.11 Å². The summed E-state index contributed by atoms with van der Waals surface area (Å²) in [5.74, 6) is 0.622. The van der Waals surface area contributed by atoms with Crippen molar-refractivity contribution in [1.29, 1.82) is 0 Å². The van der Waals surface area contributed by atoms with Gasteiger partial charge in [0.15, 0.2) is 0 Å². The van der Waals surface area contributed by atoms with Gasteiger partial charge in [0.05, 0.1) is 22.1 Å². The SMILES string of the molecule is OCc1sc(-c2cccs2)nc1C1CC1. The van der Waals surface area contributed by atoms with Crippen LogP contribution < -0.4 is 0 Å². The van der Waals surface area contributed by atoms with Crippen molar-refractivity contribution in [3.8, 4) is 9.88 Å². The first-order valence-electron chi connectivity index (χ1n) is 5.03. The van der Waals surface area contributed by atoms with Gasteiger partial charge in [0.25, 0.3) is 0 Å². The summed E-state index contributed by atoms with van der Waals surface area (Å²) in [6.45, 7) is 0.134. The molecule has 2 aromatic heterocycles. The molecule has 0 aromatic carbocycles. The molecule has 3 rings (SSSR count). The first kappa shape index (κ1) is 9.51. The first-order valence-corrected chi connectivity index (χ1v) is 6.72. The lowest BCUT2D eigenvalue weighted by Crippen LogP contribution is -1.86. The Morgan fingerprint density at radius 1 is 1.47 bits per heavy atom. The van der Waals surface area contributed by atoms with Crippen LogP contribution in [-0.2, 0) is 6.61 Å². The van der Waals surface area contributed by atoms with Gasteiger partial charge in [0, 0.05) is 5.92 Å². The Bertz CT molecular complexity index is 457. The van der Waals surface area contributed by atoms with Crippen LogP contribution in [0.2, 0.25) is 0 Å². The molecule has 0 aliphatic heterocycles. The van der Waals surface area contributed by atoms with Crippen molar-refractivity contribution >= 4 is 22.7 Å². The first-order chi connectivity index (χ1) is 7.38. The number of thiophene rings is 1. The molecule has 0 unspecified atom stereocenters. The Morgan fingerprint density at radius 2 is 2.33 bits per heavy atom. The van der Waals surface area contributed by atoms with Gasteiger partial charge in [-0.1, -0.05) is 6.07 Å². The highest BCUT2D eigenvalue weighted by Crippen LogP contribution is 2.44. The minimum atomic E-state index is 0.134. The highest BCUT2D eigenvalue weighted by Gasteiger charge is 2.29. The lowest BCUT2D eigenvalue weighted by atomic mass is 10.2. The Morgan fingerprint density at radius 3 is 2.93 bits per heavy atom. The van der Waals surface area contributed by atoms with Crippen LogP contribution in [0.25, 0.3) is 9.88 Å². The monoisotopic (exact) mass is 237 g/mol. The zero-order valence-corrected chi connectivity index (χ0v) is 9.77. The van der Waals surface area contributed by atoms with Crippen LogP contribution in [-0.4, -0.2) is 10.1 Å². The van der Waals surface area contributed by atoms with Gasteiger partial charge in [0.2, 0.25) is 0 Å². The van der Waals surface area contributed by atoms with Crippen LogP contribution >= 0.6 is 22.7 Å². The van der Waals surface area contributed by atoms with Crippen molar-refractivity contribution in [2.75, 3.05) is 0 Å². The highest BCUT2D eigenvalue weighted by molar-refractivity contribution is 7.21. The molecular weight excluding hydrogens is 226 g/mol. The molecule has 1 N–H and O–H groups in total. The van der Waals surface area contributed by atoms with E-state index < -0.39 is 0 Å². The van der Waals surface area contributed by atoms with Crippen LogP contribution in [0.5, 0.6) is 0 Å². The molecule has 1 saturated carbocycles. The number of nitrogens with zero attached hydrogens (tertiary/aromatic N) is 1. The summed E-state index contributed by atoms with van der Waals surface area (Å²) < 4.78 is 0. The molecule has 1 aliphatic rings. The third-order valence-corrected chi connectivity index (χ3v) is 4.66. The minimum absolute atomic E-state index is 0.134. The number of aliphatic hydroxyl groups is 1. The molecule has 0 saturated heterocycles. The summed E-state index contributed by atoms with van der Waals surface area (Å²) in [5.41, 5.74) is 1.14. The second kappa shape index (κ2) is 3.70. The van der Waals surface area contributed by atoms with Crippen LogP contribution in [0.15, 0.2) is 17.5 Å². The Hall–Kier alpha value is -0.710. The van der Waals surface area contributed by atoms with E-state index in [1.54, 1.807) is 22.7 Å². The maximum atomic E-state index is 9.28. The van der Waals surface area contributed by atoms with Crippen LogP contribution in [0.3, 0.4) is 0 Å². The zero-order valence-electron chi connectivity index (χ0n) is 8.14. The fourth-order valence-corrected chi connectivity index (χ4v) is 3.46. The summed E-state index contributed by atoms with van der Waals surface area (Å²) in [4.78, 5) is 6.92. The van der Waals surface area contributed by atoms with E-state index in [-0.39, 0.29) is 6.61 Å². The molecule has 15 heavy (non-hydrogen) atoms.